The van der Waals surface area contributed by atoms with Crippen molar-refractivity contribution < 1.29 is 22.7 Å². The van der Waals surface area contributed by atoms with Gasteiger partial charge in [0.1, 0.15) is 0 Å². The fourth-order valence-corrected chi connectivity index (χ4v) is 2.52. The minimum Gasteiger partial charge on any atom is -0.380 e. The van der Waals surface area contributed by atoms with E-state index in [-0.39, 0.29) is 11.8 Å². The van der Waals surface area contributed by atoms with Crippen LogP contribution >= 0.6 is 15.9 Å². The predicted molar refractivity (Wildman–Crippen MR) is 75.0 cm³/mol. The second kappa shape index (κ2) is 6.33. The highest BCUT2D eigenvalue weighted by Gasteiger charge is 2.35. The largest absolute Gasteiger partial charge is 0.418 e. The van der Waals surface area contributed by atoms with Gasteiger partial charge in [0.15, 0.2) is 0 Å². The number of anilines is 1. The molecule has 116 valence electrons. The highest BCUT2D eigenvalue weighted by Crippen LogP contribution is 2.36. The number of alkyl halides is 3. The van der Waals surface area contributed by atoms with Crippen LogP contribution in [-0.2, 0) is 15.7 Å². The molecular weight excluding hydrogens is 353 g/mol. The molecule has 21 heavy (non-hydrogen) atoms. The van der Waals surface area contributed by atoms with E-state index in [1.54, 1.807) is 0 Å². The van der Waals surface area contributed by atoms with Crippen LogP contribution in [0.2, 0.25) is 0 Å². The van der Waals surface area contributed by atoms with Gasteiger partial charge in [-0.1, -0.05) is 15.9 Å². The lowest BCUT2D eigenvalue weighted by Gasteiger charge is -2.16. The fourth-order valence-electron chi connectivity index (χ4n) is 2.16. The minimum absolute atomic E-state index is 0.104. The normalized spacial score (nSPS) is 22.3. The topological polar surface area (TPSA) is 50.4 Å². The van der Waals surface area contributed by atoms with Crippen molar-refractivity contribution in [2.24, 2.45) is 0 Å². The molecule has 1 heterocycles. The van der Waals surface area contributed by atoms with Crippen molar-refractivity contribution in [1.82, 2.24) is 5.32 Å². The Morgan fingerprint density at radius 1 is 1.48 bits per heavy atom. The maximum Gasteiger partial charge on any atom is 0.418 e. The highest BCUT2D eigenvalue weighted by molar-refractivity contribution is 9.10. The van der Waals surface area contributed by atoms with Gasteiger partial charge in [0, 0.05) is 18.1 Å². The summed E-state index contributed by atoms with van der Waals surface area (Å²) in [6.07, 6.45) is -4.21. The molecule has 2 N–H and O–H groups in total. The number of carbonyl (C=O) groups excluding carboxylic acids is 1. The Bertz CT molecular complexity index is 537. The summed E-state index contributed by atoms with van der Waals surface area (Å²) in [5.41, 5.74) is -1.13. The zero-order valence-corrected chi connectivity index (χ0v) is 12.7. The smallest absolute Gasteiger partial charge is 0.380 e. The fraction of sp³-hybridized carbons (Fsp3) is 0.462. The molecule has 1 saturated heterocycles. The molecular formula is C13H14BrF3N2O2. The van der Waals surface area contributed by atoms with Crippen LogP contribution < -0.4 is 10.6 Å². The Balaban J connectivity index is 2.14. The summed E-state index contributed by atoms with van der Waals surface area (Å²) >= 11 is 3.00. The molecule has 0 aromatic heterocycles. The summed E-state index contributed by atoms with van der Waals surface area (Å²) < 4.78 is 44.3. The lowest BCUT2D eigenvalue weighted by Crippen LogP contribution is -2.36. The van der Waals surface area contributed by atoms with Gasteiger partial charge in [0.05, 0.1) is 23.4 Å². The van der Waals surface area contributed by atoms with Crippen molar-refractivity contribution in [1.29, 1.82) is 0 Å². The molecule has 1 aliphatic rings. The Morgan fingerprint density at radius 2 is 2.19 bits per heavy atom. The van der Waals surface area contributed by atoms with E-state index in [1.165, 1.54) is 19.2 Å². The van der Waals surface area contributed by atoms with E-state index in [1.807, 2.05) is 0 Å². The first-order valence-electron chi connectivity index (χ1n) is 6.25. The van der Waals surface area contributed by atoms with Gasteiger partial charge in [0.25, 0.3) is 0 Å². The molecule has 1 fully saturated rings. The third-order valence-corrected chi connectivity index (χ3v) is 3.78. The zero-order chi connectivity index (χ0) is 15.6. The van der Waals surface area contributed by atoms with Crippen molar-refractivity contribution in [3.05, 3.63) is 28.2 Å². The molecule has 0 saturated carbocycles. The van der Waals surface area contributed by atoms with E-state index in [4.69, 9.17) is 4.74 Å². The van der Waals surface area contributed by atoms with Crippen LogP contribution in [0.3, 0.4) is 0 Å². The molecule has 2 rings (SSSR count). The van der Waals surface area contributed by atoms with Gasteiger partial charge >= 0.3 is 6.18 Å². The Hall–Kier alpha value is -1.12. The summed E-state index contributed by atoms with van der Waals surface area (Å²) in [6, 6.07) is 3.06. The lowest BCUT2D eigenvalue weighted by molar-refractivity contribution is -0.137. The molecule has 1 aromatic rings. The van der Waals surface area contributed by atoms with E-state index < -0.39 is 23.7 Å². The van der Waals surface area contributed by atoms with Gasteiger partial charge in [-0.3, -0.25) is 4.79 Å². The third kappa shape index (κ3) is 3.96. The number of rotatable bonds is 3. The Morgan fingerprint density at radius 3 is 2.76 bits per heavy atom. The summed E-state index contributed by atoms with van der Waals surface area (Å²) in [7, 11) is 1.53. The number of halogens is 4. The van der Waals surface area contributed by atoms with Crippen molar-refractivity contribution in [2.45, 2.75) is 24.7 Å². The number of methoxy groups -OCH3 is 1. The Labute approximate surface area is 128 Å². The van der Waals surface area contributed by atoms with Crippen LogP contribution in [0.1, 0.15) is 12.0 Å². The van der Waals surface area contributed by atoms with Crippen LogP contribution in [-0.4, -0.2) is 31.7 Å². The van der Waals surface area contributed by atoms with Crippen LogP contribution in [0.5, 0.6) is 0 Å². The molecule has 0 radical (unpaired) electrons. The summed E-state index contributed by atoms with van der Waals surface area (Å²) in [6.45, 7) is 0.501. The highest BCUT2D eigenvalue weighted by atomic mass is 79.9. The lowest BCUT2D eigenvalue weighted by atomic mass is 10.1. The number of hydrogen-bond donors (Lipinski definition) is 2. The maximum atomic E-state index is 13.0. The van der Waals surface area contributed by atoms with E-state index in [0.717, 1.165) is 6.07 Å². The van der Waals surface area contributed by atoms with Crippen LogP contribution in [0.4, 0.5) is 18.9 Å². The minimum atomic E-state index is -4.54. The number of amides is 1. The maximum absolute atomic E-state index is 13.0. The van der Waals surface area contributed by atoms with Gasteiger partial charge < -0.3 is 15.4 Å². The molecule has 2 atom stereocenters. The van der Waals surface area contributed by atoms with Gasteiger partial charge in [-0.25, -0.2) is 0 Å². The van der Waals surface area contributed by atoms with Crippen molar-refractivity contribution in [2.75, 3.05) is 19.0 Å². The standard InChI is InChI=1S/C13H14BrF3N2O2/c1-21-8-5-11(18-6-8)12(20)19-10-3-2-7(14)4-9(10)13(15,16)17/h2-4,8,11,18H,5-6H2,1H3,(H,19,20). The third-order valence-electron chi connectivity index (χ3n) is 3.29. The van der Waals surface area contributed by atoms with Crippen LogP contribution in [0.15, 0.2) is 22.7 Å². The molecule has 1 aromatic carbocycles. The van der Waals surface area contributed by atoms with Crippen molar-refractivity contribution in [3.63, 3.8) is 0 Å². The predicted octanol–water partition coefficient (Wildman–Crippen LogP) is 2.78. The molecule has 8 heteroatoms. The molecule has 1 aliphatic heterocycles. The number of carbonyl (C=O) groups is 1. The van der Waals surface area contributed by atoms with E-state index in [2.05, 4.69) is 26.6 Å². The summed E-state index contributed by atoms with van der Waals surface area (Å²) in [5, 5.41) is 5.25. The molecule has 0 spiro atoms. The van der Waals surface area contributed by atoms with E-state index in [0.29, 0.717) is 17.4 Å². The quantitative estimate of drug-likeness (QED) is 0.864. The monoisotopic (exact) mass is 366 g/mol. The first-order chi connectivity index (χ1) is 9.81. The zero-order valence-electron chi connectivity index (χ0n) is 11.1. The number of benzene rings is 1. The van der Waals surface area contributed by atoms with Crippen molar-refractivity contribution >= 4 is 27.5 Å². The SMILES string of the molecule is COC1CNC(C(=O)Nc2ccc(Br)cc2C(F)(F)F)C1. The number of hydrogen-bond acceptors (Lipinski definition) is 3. The van der Waals surface area contributed by atoms with Gasteiger partial charge in [-0.05, 0) is 24.6 Å². The summed E-state index contributed by atoms with van der Waals surface area (Å²) in [5.74, 6) is -0.498. The number of nitrogens with one attached hydrogen (secondary N) is 2. The van der Waals surface area contributed by atoms with Crippen molar-refractivity contribution in [3.8, 4) is 0 Å². The first kappa shape index (κ1) is 16.3. The van der Waals surface area contributed by atoms with Crippen LogP contribution in [0.25, 0.3) is 0 Å². The summed E-state index contributed by atoms with van der Waals surface area (Å²) in [4.78, 5) is 12.0. The first-order valence-corrected chi connectivity index (χ1v) is 7.04. The second-order valence-corrected chi connectivity index (χ2v) is 5.65. The molecule has 0 aliphatic carbocycles. The average molecular weight is 367 g/mol. The molecule has 4 nitrogen and oxygen atoms in total. The van der Waals surface area contributed by atoms with Crippen LogP contribution in [0, 0.1) is 0 Å². The van der Waals surface area contributed by atoms with Gasteiger partial charge in [-0.2, -0.15) is 13.2 Å². The van der Waals surface area contributed by atoms with Gasteiger partial charge in [-0.15, -0.1) is 0 Å². The second-order valence-electron chi connectivity index (χ2n) is 4.73. The number of ether oxygens (including phenoxy) is 1. The molecule has 0 bridgehead atoms. The van der Waals surface area contributed by atoms with E-state index >= 15 is 0 Å². The van der Waals surface area contributed by atoms with Gasteiger partial charge in [0.2, 0.25) is 5.91 Å². The molecule has 2 unspecified atom stereocenters. The molecule has 1 amide bonds. The average Bonchev–Trinajstić information content (AvgIpc) is 2.88. The van der Waals surface area contributed by atoms with E-state index in [9.17, 15) is 18.0 Å². The Kier molecular flexibility index (Phi) is 4.90.